The lowest BCUT2D eigenvalue weighted by atomic mass is 10.1. The van der Waals surface area contributed by atoms with Gasteiger partial charge in [-0.2, -0.15) is 0 Å². The van der Waals surface area contributed by atoms with Crippen molar-refractivity contribution in [3.8, 4) is 0 Å². The number of hydrogen-bond donors (Lipinski definition) is 1. The van der Waals surface area contributed by atoms with Gasteiger partial charge < -0.3 is 4.42 Å². The highest BCUT2D eigenvalue weighted by atomic mass is 35.5. The van der Waals surface area contributed by atoms with E-state index < -0.39 is 0 Å². The van der Waals surface area contributed by atoms with E-state index in [2.05, 4.69) is 41.5 Å². The number of aromatic nitrogens is 1. The molecule has 4 rings (SSSR count). The van der Waals surface area contributed by atoms with E-state index in [1.807, 2.05) is 12.1 Å². The molecule has 28 heavy (non-hydrogen) atoms. The second-order valence-corrected chi connectivity index (χ2v) is 8.00. The highest BCUT2D eigenvalue weighted by molar-refractivity contribution is 7.15. The summed E-state index contributed by atoms with van der Waals surface area (Å²) in [5.41, 5.74) is 3.18. The SMILES string of the molecule is Cc1ccc(Cc2cnc(NC(=O)C=Cc3cc4cc(Cl)ccc4o3)s2)cc1. The number of thiazole rings is 1. The van der Waals surface area contributed by atoms with Crippen LogP contribution in [0.15, 0.2) is 65.2 Å². The van der Waals surface area contributed by atoms with E-state index in [-0.39, 0.29) is 5.91 Å². The zero-order chi connectivity index (χ0) is 19.5. The molecule has 0 radical (unpaired) electrons. The quantitative estimate of drug-likeness (QED) is 0.406. The molecule has 2 aromatic heterocycles. The Hall–Kier alpha value is -2.89. The predicted molar refractivity (Wildman–Crippen MR) is 115 cm³/mol. The number of rotatable bonds is 5. The van der Waals surface area contributed by atoms with Gasteiger partial charge >= 0.3 is 0 Å². The molecule has 0 saturated carbocycles. The maximum absolute atomic E-state index is 12.2. The minimum Gasteiger partial charge on any atom is -0.457 e. The van der Waals surface area contributed by atoms with Gasteiger partial charge in [0.05, 0.1) is 0 Å². The van der Waals surface area contributed by atoms with E-state index in [1.54, 1.807) is 24.4 Å². The molecule has 140 valence electrons. The molecule has 1 N–H and O–H groups in total. The Labute approximate surface area is 171 Å². The molecule has 0 aliphatic rings. The molecule has 0 spiro atoms. The summed E-state index contributed by atoms with van der Waals surface area (Å²) in [6.07, 6.45) is 5.66. The molecule has 0 unspecified atom stereocenters. The molecule has 4 aromatic rings. The van der Waals surface area contributed by atoms with Crippen LogP contribution in [0.25, 0.3) is 17.0 Å². The van der Waals surface area contributed by atoms with E-state index in [4.69, 9.17) is 16.0 Å². The summed E-state index contributed by atoms with van der Waals surface area (Å²) in [4.78, 5) is 17.5. The lowest BCUT2D eigenvalue weighted by Gasteiger charge is -1.99. The minimum absolute atomic E-state index is 0.255. The van der Waals surface area contributed by atoms with Gasteiger partial charge in [-0.15, -0.1) is 11.3 Å². The van der Waals surface area contributed by atoms with E-state index in [9.17, 15) is 4.79 Å². The molecule has 2 heterocycles. The maximum Gasteiger partial charge on any atom is 0.250 e. The summed E-state index contributed by atoms with van der Waals surface area (Å²) < 4.78 is 5.66. The predicted octanol–water partition coefficient (Wildman–Crippen LogP) is 6.09. The highest BCUT2D eigenvalue weighted by Crippen LogP contribution is 2.24. The molecule has 6 heteroatoms. The number of anilines is 1. The topological polar surface area (TPSA) is 55.1 Å². The van der Waals surface area contributed by atoms with Crippen LogP contribution < -0.4 is 5.32 Å². The number of furan rings is 1. The number of fused-ring (bicyclic) bond motifs is 1. The third-order valence-electron chi connectivity index (χ3n) is 4.18. The van der Waals surface area contributed by atoms with Crippen LogP contribution in [0.5, 0.6) is 0 Å². The molecule has 0 saturated heterocycles. The molecular formula is C22H17ClN2O2S. The number of nitrogens with zero attached hydrogens (tertiary/aromatic N) is 1. The third kappa shape index (κ3) is 4.50. The fourth-order valence-corrected chi connectivity index (χ4v) is 3.81. The van der Waals surface area contributed by atoms with Crippen LogP contribution in [0.2, 0.25) is 5.02 Å². The Morgan fingerprint density at radius 1 is 1.21 bits per heavy atom. The third-order valence-corrected chi connectivity index (χ3v) is 5.33. The van der Waals surface area contributed by atoms with Gasteiger partial charge in [-0.1, -0.05) is 41.4 Å². The van der Waals surface area contributed by atoms with Gasteiger partial charge in [-0.25, -0.2) is 4.98 Å². The molecule has 0 atom stereocenters. The van der Waals surface area contributed by atoms with Gasteiger partial charge in [-0.05, 0) is 42.8 Å². The molecule has 0 aliphatic heterocycles. The smallest absolute Gasteiger partial charge is 0.250 e. The van der Waals surface area contributed by atoms with E-state index in [0.29, 0.717) is 15.9 Å². The number of hydrogen-bond acceptors (Lipinski definition) is 4. The lowest BCUT2D eigenvalue weighted by molar-refractivity contribution is -0.111. The second kappa shape index (κ2) is 8.00. The lowest BCUT2D eigenvalue weighted by Crippen LogP contribution is -2.06. The molecule has 1 amide bonds. The summed E-state index contributed by atoms with van der Waals surface area (Å²) >= 11 is 7.45. The van der Waals surface area contributed by atoms with Crippen molar-refractivity contribution in [2.75, 3.05) is 5.32 Å². The first-order chi connectivity index (χ1) is 13.5. The van der Waals surface area contributed by atoms with Crippen LogP contribution in [0, 0.1) is 6.92 Å². The van der Waals surface area contributed by atoms with Crippen LogP contribution in [0.1, 0.15) is 21.8 Å². The Bertz CT molecular complexity index is 1160. The van der Waals surface area contributed by atoms with Gasteiger partial charge in [0.1, 0.15) is 11.3 Å². The maximum atomic E-state index is 12.2. The summed E-state index contributed by atoms with van der Waals surface area (Å²) in [6, 6.07) is 15.6. The fourth-order valence-electron chi connectivity index (χ4n) is 2.78. The zero-order valence-corrected chi connectivity index (χ0v) is 16.7. The van der Waals surface area contributed by atoms with Gasteiger partial charge in [-0.3, -0.25) is 10.1 Å². The van der Waals surface area contributed by atoms with Crippen molar-refractivity contribution < 1.29 is 9.21 Å². The number of nitrogens with one attached hydrogen (secondary N) is 1. The summed E-state index contributed by atoms with van der Waals surface area (Å²) in [5.74, 6) is 0.335. The van der Waals surface area contributed by atoms with Crippen molar-refractivity contribution in [2.45, 2.75) is 13.3 Å². The number of aryl methyl sites for hydroxylation is 1. The van der Waals surface area contributed by atoms with Crippen molar-refractivity contribution in [2.24, 2.45) is 0 Å². The molecule has 0 aliphatic carbocycles. The fraction of sp³-hybridized carbons (Fsp3) is 0.0909. The second-order valence-electron chi connectivity index (χ2n) is 6.45. The number of carbonyl (C=O) groups excluding carboxylic acids is 1. The van der Waals surface area contributed by atoms with E-state index in [1.165, 1.54) is 28.5 Å². The number of carbonyl (C=O) groups is 1. The Balaban J connectivity index is 1.38. The van der Waals surface area contributed by atoms with Crippen molar-refractivity contribution in [1.29, 1.82) is 0 Å². The normalized spacial score (nSPS) is 11.4. The van der Waals surface area contributed by atoms with Crippen molar-refractivity contribution >= 4 is 51.0 Å². The largest absolute Gasteiger partial charge is 0.457 e. The summed E-state index contributed by atoms with van der Waals surface area (Å²) in [6.45, 7) is 2.07. The first kappa shape index (κ1) is 18.5. The standard InChI is InChI=1S/C22H17ClN2O2S/c1-14-2-4-15(5-3-14)10-19-13-24-22(28-19)25-21(26)9-7-18-12-16-11-17(23)6-8-20(16)27-18/h2-9,11-13H,10H2,1H3,(H,24,25,26). The monoisotopic (exact) mass is 408 g/mol. The van der Waals surface area contributed by atoms with Crippen molar-refractivity contribution in [1.82, 2.24) is 4.98 Å². The Morgan fingerprint density at radius 2 is 2.04 bits per heavy atom. The molecule has 0 bridgehead atoms. The van der Waals surface area contributed by atoms with Crippen LogP contribution in [0.3, 0.4) is 0 Å². The average Bonchev–Trinajstić information content (AvgIpc) is 3.28. The van der Waals surface area contributed by atoms with E-state index >= 15 is 0 Å². The molecule has 0 fully saturated rings. The zero-order valence-electron chi connectivity index (χ0n) is 15.1. The molecular weight excluding hydrogens is 392 g/mol. The summed E-state index contributed by atoms with van der Waals surface area (Å²) in [5, 5.41) is 4.91. The van der Waals surface area contributed by atoms with Crippen LogP contribution in [0.4, 0.5) is 5.13 Å². The first-order valence-electron chi connectivity index (χ1n) is 8.73. The number of halogens is 1. The minimum atomic E-state index is -0.255. The van der Waals surface area contributed by atoms with Crippen LogP contribution in [-0.4, -0.2) is 10.9 Å². The molecule has 2 aromatic carbocycles. The van der Waals surface area contributed by atoms with Crippen LogP contribution >= 0.6 is 22.9 Å². The average molecular weight is 409 g/mol. The highest BCUT2D eigenvalue weighted by Gasteiger charge is 2.07. The van der Waals surface area contributed by atoms with Gasteiger partial charge in [0.25, 0.3) is 0 Å². The summed E-state index contributed by atoms with van der Waals surface area (Å²) in [7, 11) is 0. The van der Waals surface area contributed by atoms with Crippen LogP contribution in [-0.2, 0) is 11.2 Å². The van der Waals surface area contributed by atoms with E-state index in [0.717, 1.165) is 22.3 Å². The molecule has 4 nitrogen and oxygen atoms in total. The first-order valence-corrected chi connectivity index (χ1v) is 9.93. The van der Waals surface area contributed by atoms with Gasteiger partial charge in [0, 0.05) is 34.0 Å². The Kier molecular flexibility index (Phi) is 5.28. The number of benzene rings is 2. The van der Waals surface area contributed by atoms with Gasteiger partial charge in [0.15, 0.2) is 5.13 Å². The van der Waals surface area contributed by atoms with Gasteiger partial charge in [0.2, 0.25) is 5.91 Å². The van der Waals surface area contributed by atoms with Crippen molar-refractivity contribution in [3.05, 3.63) is 87.6 Å². The Morgan fingerprint density at radius 3 is 2.86 bits per heavy atom. The van der Waals surface area contributed by atoms with Crippen molar-refractivity contribution in [3.63, 3.8) is 0 Å². The number of amides is 1.